The van der Waals surface area contributed by atoms with Crippen molar-refractivity contribution in [2.75, 3.05) is 39.4 Å². The van der Waals surface area contributed by atoms with Crippen LogP contribution >= 0.6 is 0 Å². The first-order valence-electron chi connectivity index (χ1n) is 18.7. The molecular weight excluding hydrogens is 532 g/mol. The van der Waals surface area contributed by atoms with E-state index in [0.717, 1.165) is 37.7 Å². The molecule has 2 aliphatic heterocycles. The molecule has 2 atom stereocenters. The summed E-state index contributed by atoms with van der Waals surface area (Å²) in [5.74, 6) is 1.78. The Morgan fingerprint density at radius 1 is 0.465 bits per heavy atom. The molecule has 2 heterocycles. The topological polar surface area (TPSA) is 34.2 Å². The lowest BCUT2D eigenvalue weighted by atomic mass is 10.1. The van der Waals surface area contributed by atoms with Crippen LogP contribution in [0.3, 0.4) is 0 Å². The summed E-state index contributed by atoms with van der Waals surface area (Å²) in [6, 6.07) is 8.21. The Hall–Kier alpha value is -1.30. The third kappa shape index (κ3) is 17.7. The van der Waals surface area contributed by atoms with Crippen molar-refractivity contribution >= 4 is 0 Å². The Morgan fingerprint density at radius 2 is 0.767 bits per heavy atom. The Bertz CT molecular complexity index is 682. The predicted octanol–water partition coefficient (Wildman–Crippen LogP) is 10.6. The predicted molar refractivity (Wildman–Crippen MR) is 184 cm³/mol. The van der Waals surface area contributed by atoms with Gasteiger partial charge in [-0.1, -0.05) is 143 Å². The number of unbranched alkanes of at least 4 members (excludes halogenated alkanes) is 18. The largest absolute Gasteiger partial charge is 0.473 e. The molecule has 2 bridgehead atoms. The van der Waals surface area contributed by atoms with Gasteiger partial charge in [-0.15, -0.1) is 0 Å². The first kappa shape index (κ1) is 37.9. The zero-order chi connectivity index (χ0) is 30.8. The van der Waals surface area contributed by atoms with Crippen LogP contribution in [-0.2, 0) is 4.74 Å². The Kier molecular flexibility index (Phi) is 22.9. The number of fused-ring (bicyclic) bond motifs is 8. The summed E-state index contributed by atoms with van der Waals surface area (Å²) in [6.07, 6.45) is 27.1. The molecule has 5 nitrogen and oxygen atoms in total. The summed E-state index contributed by atoms with van der Waals surface area (Å²) in [5.41, 5.74) is 0. The minimum Gasteiger partial charge on any atom is -0.473 e. The second-order valence-corrected chi connectivity index (χ2v) is 12.8. The highest BCUT2D eigenvalue weighted by atomic mass is 16.6. The molecule has 1 aromatic rings. The third-order valence-electron chi connectivity index (χ3n) is 9.11. The van der Waals surface area contributed by atoms with Gasteiger partial charge in [-0.3, -0.25) is 9.80 Å². The number of rotatable bonds is 26. The summed E-state index contributed by atoms with van der Waals surface area (Å²) in [7, 11) is 0. The molecule has 0 aliphatic carbocycles. The maximum atomic E-state index is 6.49. The van der Waals surface area contributed by atoms with Gasteiger partial charge < -0.3 is 14.2 Å². The fourth-order valence-corrected chi connectivity index (χ4v) is 6.22. The standard InChI is InChI=1S/C38H70N2O3/c1-5-9-11-13-15-17-19-21-23-25-31-39(7-3)37-33-41-34-38(43-36-29-27-35(42-37)28-30-36)40(8-4)32-26-24-22-20-18-16-14-12-10-6-2/h27-30,37-38H,5-26,31-34H2,1-4H3. The van der Waals surface area contributed by atoms with Gasteiger partial charge in [0, 0.05) is 13.1 Å². The fraction of sp³-hybridized carbons (Fsp3) is 0.842. The van der Waals surface area contributed by atoms with E-state index in [1.165, 1.54) is 128 Å². The van der Waals surface area contributed by atoms with Gasteiger partial charge in [-0.05, 0) is 50.2 Å². The van der Waals surface area contributed by atoms with E-state index < -0.39 is 0 Å². The maximum absolute atomic E-state index is 6.49. The van der Waals surface area contributed by atoms with Crippen LogP contribution in [0.5, 0.6) is 11.5 Å². The number of ether oxygens (including phenoxy) is 3. The van der Waals surface area contributed by atoms with Gasteiger partial charge in [0.2, 0.25) is 0 Å². The summed E-state index contributed by atoms with van der Waals surface area (Å²) < 4.78 is 19.3. The smallest absolute Gasteiger partial charge is 0.176 e. The van der Waals surface area contributed by atoms with Crippen molar-refractivity contribution in [2.45, 2.75) is 169 Å². The Balaban J connectivity index is 1.77. The average molecular weight is 603 g/mol. The molecule has 0 aromatic heterocycles. The van der Waals surface area contributed by atoms with E-state index in [1.807, 2.05) is 0 Å². The molecular formula is C38H70N2O3. The van der Waals surface area contributed by atoms with E-state index in [1.54, 1.807) is 0 Å². The first-order chi connectivity index (χ1) is 21.2. The summed E-state index contributed by atoms with van der Waals surface area (Å²) in [4.78, 5) is 4.90. The minimum absolute atomic E-state index is 0.0785. The lowest BCUT2D eigenvalue weighted by Gasteiger charge is -2.32. The van der Waals surface area contributed by atoms with Crippen molar-refractivity contribution < 1.29 is 14.2 Å². The lowest BCUT2D eigenvalue weighted by molar-refractivity contribution is -0.0827. The number of likely N-dealkylation sites (N-methyl/N-ethyl adjacent to an activating group) is 2. The average Bonchev–Trinajstić information content (AvgIpc) is 3.09. The molecule has 0 radical (unpaired) electrons. The summed E-state index contributed by atoms with van der Waals surface area (Å²) in [6.45, 7) is 14.2. The van der Waals surface area contributed by atoms with Crippen molar-refractivity contribution in [3.8, 4) is 11.5 Å². The van der Waals surface area contributed by atoms with E-state index in [4.69, 9.17) is 14.2 Å². The highest BCUT2D eigenvalue weighted by molar-refractivity contribution is 5.31. The quantitative estimate of drug-likeness (QED) is 0.0778. The fourth-order valence-electron chi connectivity index (χ4n) is 6.22. The van der Waals surface area contributed by atoms with Crippen LogP contribution in [0.4, 0.5) is 0 Å². The Labute approximate surface area is 267 Å². The van der Waals surface area contributed by atoms with Gasteiger partial charge in [0.15, 0.2) is 12.5 Å². The van der Waals surface area contributed by atoms with E-state index in [2.05, 4.69) is 61.8 Å². The Morgan fingerprint density at radius 3 is 1.07 bits per heavy atom. The first-order valence-corrected chi connectivity index (χ1v) is 18.7. The van der Waals surface area contributed by atoms with E-state index in [-0.39, 0.29) is 12.5 Å². The van der Waals surface area contributed by atoms with Crippen molar-refractivity contribution in [1.29, 1.82) is 0 Å². The molecule has 1 aromatic carbocycles. The normalized spacial score (nSPS) is 17.3. The highest BCUT2D eigenvalue weighted by Gasteiger charge is 2.24. The molecule has 250 valence electrons. The number of hydrogen-bond donors (Lipinski definition) is 0. The monoisotopic (exact) mass is 603 g/mol. The summed E-state index contributed by atoms with van der Waals surface area (Å²) >= 11 is 0. The van der Waals surface area contributed by atoms with Crippen LogP contribution in [-0.4, -0.2) is 61.6 Å². The number of hydrogen-bond acceptors (Lipinski definition) is 5. The van der Waals surface area contributed by atoms with Crippen LogP contribution in [0, 0.1) is 0 Å². The highest BCUT2D eigenvalue weighted by Crippen LogP contribution is 2.23. The third-order valence-corrected chi connectivity index (χ3v) is 9.11. The number of benzene rings is 1. The van der Waals surface area contributed by atoms with Crippen molar-refractivity contribution in [3.63, 3.8) is 0 Å². The van der Waals surface area contributed by atoms with Crippen molar-refractivity contribution in [1.82, 2.24) is 9.80 Å². The van der Waals surface area contributed by atoms with Crippen LogP contribution in [0.25, 0.3) is 0 Å². The van der Waals surface area contributed by atoms with Gasteiger partial charge in [-0.25, -0.2) is 0 Å². The van der Waals surface area contributed by atoms with Gasteiger partial charge in [0.05, 0.1) is 13.2 Å². The van der Waals surface area contributed by atoms with Crippen LogP contribution < -0.4 is 9.47 Å². The van der Waals surface area contributed by atoms with E-state index in [0.29, 0.717) is 13.2 Å². The molecule has 0 spiro atoms. The van der Waals surface area contributed by atoms with Crippen LogP contribution in [0.1, 0.15) is 156 Å². The SMILES string of the molecule is CCCCCCCCCCCCN(CC)C1COCC(N(CC)CCCCCCCCCCCC)Oc2ccc(cc2)O1. The van der Waals surface area contributed by atoms with Gasteiger partial charge in [0.25, 0.3) is 0 Å². The lowest BCUT2D eigenvalue weighted by Crippen LogP contribution is -2.46. The molecule has 5 heteroatoms. The molecule has 43 heavy (non-hydrogen) atoms. The molecule has 0 N–H and O–H groups in total. The van der Waals surface area contributed by atoms with Crippen LogP contribution in [0.15, 0.2) is 24.3 Å². The number of nitrogens with zero attached hydrogens (tertiary/aromatic N) is 2. The summed E-state index contributed by atoms with van der Waals surface area (Å²) in [5, 5.41) is 0. The van der Waals surface area contributed by atoms with Crippen molar-refractivity contribution in [2.24, 2.45) is 0 Å². The second-order valence-electron chi connectivity index (χ2n) is 12.8. The molecule has 3 rings (SSSR count). The van der Waals surface area contributed by atoms with E-state index in [9.17, 15) is 0 Å². The van der Waals surface area contributed by atoms with Gasteiger partial charge in [0.1, 0.15) is 11.5 Å². The molecule has 0 saturated heterocycles. The minimum atomic E-state index is -0.0785. The molecule has 0 saturated carbocycles. The second kappa shape index (κ2) is 26.0. The van der Waals surface area contributed by atoms with Crippen molar-refractivity contribution in [3.05, 3.63) is 24.3 Å². The van der Waals surface area contributed by atoms with Gasteiger partial charge in [-0.2, -0.15) is 0 Å². The zero-order valence-corrected chi connectivity index (χ0v) is 29.0. The van der Waals surface area contributed by atoms with Gasteiger partial charge >= 0.3 is 0 Å². The maximum Gasteiger partial charge on any atom is 0.176 e. The zero-order valence-electron chi connectivity index (χ0n) is 29.0. The van der Waals surface area contributed by atoms with E-state index >= 15 is 0 Å². The molecule has 2 unspecified atom stereocenters. The molecule has 0 amide bonds. The molecule has 0 fully saturated rings. The molecule has 2 aliphatic rings. The van der Waals surface area contributed by atoms with Crippen LogP contribution in [0.2, 0.25) is 0 Å².